The van der Waals surface area contributed by atoms with Gasteiger partial charge in [-0.2, -0.15) is 0 Å². The molecule has 0 atom stereocenters. The highest BCUT2D eigenvalue weighted by molar-refractivity contribution is 6.00. The number of rotatable bonds is 11. The summed E-state index contributed by atoms with van der Waals surface area (Å²) in [6, 6.07) is 17.0. The highest BCUT2D eigenvalue weighted by Gasteiger charge is 2.06. The summed E-state index contributed by atoms with van der Waals surface area (Å²) < 4.78 is 0. The second kappa shape index (κ2) is 11.6. The summed E-state index contributed by atoms with van der Waals surface area (Å²) in [5, 5.41) is 12.9. The van der Waals surface area contributed by atoms with Crippen LogP contribution in [0.3, 0.4) is 0 Å². The molecule has 2 aromatic carbocycles. The number of unbranched alkanes of at least 4 members (excludes halogenated alkanes) is 2. The van der Waals surface area contributed by atoms with Gasteiger partial charge in [-0.25, -0.2) is 0 Å². The smallest absolute Gasteiger partial charge is 0.0867 e. The van der Waals surface area contributed by atoms with E-state index in [0.29, 0.717) is 0 Å². The summed E-state index contributed by atoms with van der Waals surface area (Å²) >= 11 is 0. The molecule has 0 aliphatic rings. The summed E-state index contributed by atoms with van der Waals surface area (Å²) in [6.45, 7) is 3.20. The van der Waals surface area contributed by atoms with Crippen LogP contribution in [-0.4, -0.2) is 36.5 Å². The van der Waals surface area contributed by atoms with E-state index >= 15 is 0 Å². The van der Waals surface area contributed by atoms with Crippen molar-refractivity contribution in [1.29, 1.82) is 0 Å². The van der Waals surface area contributed by atoms with E-state index in [9.17, 15) is 5.21 Å². The number of nitrogens with zero attached hydrogens (tertiary/aromatic N) is 2. The molecule has 0 fully saturated rings. The fraction of sp³-hybridized carbons (Fsp3) is 0.458. The van der Waals surface area contributed by atoms with Crippen molar-refractivity contribution in [2.45, 2.75) is 51.9 Å². The van der Waals surface area contributed by atoms with E-state index in [0.717, 1.165) is 49.9 Å². The molecule has 0 aliphatic carbocycles. The van der Waals surface area contributed by atoms with Gasteiger partial charge in [0.1, 0.15) is 0 Å². The van der Waals surface area contributed by atoms with Crippen LogP contribution in [0.15, 0.2) is 53.7 Å². The zero-order valence-corrected chi connectivity index (χ0v) is 17.1. The minimum atomic E-state index is 0.794. The van der Waals surface area contributed by atoms with Gasteiger partial charge in [-0.15, -0.1) is 0 Å². The number of benzene rings is 2. The normalized spacial score (nSPS) is 11.9. The van der Waals surface area contributed by atoms with Crippen LogP contribution >= 0.6 is 0 Å². The Morgan fingerprint density at radius 2 is 1.59 bits per heavy atom. The zero-order valence-electron chi connectivity index (χ0n) is 17.1. The number of hydrogen-bond donors (Lipinski definition) is 1. The standard InChI is InChI=1S/C24H34N2O/c1-20-11-9-15-23(19-20)24(25-27)17-6-4-5-12-21-13-7-8-14-22(21)16-10-18-26(2)3/h7-9,11,13-15,19,27H,4-6,10,12,16-18H2,1-3H3. The van der Waals surface area contributed by atoms with Crippen LogP contribution in [0.25, 0.3) is 0 Å². The lowest BCUT2D eigenvalue weighted by atomic mass is 9.97. The van der Waals surface area contributed by atoms with Crippen LogP contribution in [0.5, 0.6) is 0 Å². The van der Waals surface area contributed by atoms with Crippen LogP contribution in [0, 0.1) is 6.92 Å². The van der Waals surface area contributed by atoms with E-state index in [1.54, 1.807) is 0 Å². The van der Waals surface area contributed by atoms with Crippen LogP contribution in [0.4, 0.5) is 0 Å². The third-order valence-corrected chi connectivity index (χ3v) is 5.00. The van der Waals surface area contributed by atoms with Crippen molar-refractivity contribution in [3.63, 3.8) is 0 Å². The quantitative estimate of drug-likeness (QED) is 0.248. The third kappa shape index (κ3) is 7.56. The molecule has 0 bridgehead atoms. The summed E-state index contributed by atoms with van der Waals surface area (Å²) in [4.78, 5) is 2.25. The lowest BCUT2D eigenvalue weighted by Gasteiger charge is -2.12. The summed E-state index contributed by atoms with van der Waals surface area (Å²) in [7, 11) is 4.26. The second-order valence-corrected chi connectivity index (χ2v) is 7.65. The molecule has 0 spiro atoms. The summed E-state index contributed by atoms with van der Waals surface area (Å²) in [5.41, 5.74) is 6.01. The van der Waals surface area contributed by atoms with Gasteiger partial charge in [-0.05, 0) is 82.8 Å². The SMILES string of the molecule is Cc1cccc(C(CCCCCc2ccccc2CCCN(C)C)=NO)c1. The first-order valence-corrected chi connectivity index (χ1v) is 10.1. The van der Waals surface area contributed by atoms with Gasteiger partial charge in [0.25, 0.3) is 0 Å². The molecule has 0 saturated carbocycles. The Balaban J connectivity index is 1.76. The van der Waals surface area contributed by atoms with Crippen LogP contribution in [0.2, 0.25) is 0 Å². The molecule has 1 N–H and O–H groups in total. The Morgan fingerprint density at radius 3 is 2.22 bits per heavy atom. The van der Waals surface area contributed by atoms with Gasteiger partial charge in [0, 0.05) is 0 Å². The van der Waals surface area contributed by atoms with E-state index in [2.05, 4.69) is 67.5 Å². The maximum Gasteiger partial charge on any atom is 0.0867 e. The largest absolute Gasteiger partial charge is 0.411 e. The van der Waals surface area contributed by atoms with Crippen molar-refractivity contribution in [2.75, 3.05) is 20.6 Å². The molecule has 3 heteroatoms. The average molecular weight is 367 g/mol. The maximum atomic E-state index is 9.35. The molecule has 3 nitrogen and oxygen atoms in total. The van der Waals surface area contributed by atoms with Crippen molar-refractivity contribution in [1.82, 2.24) is 4.90 Å². The van der Waals surface area contributed by atoms with Gasteiger partial charge in [-0.3, -0.25) is 0 Å². The molecule has 0 radical (unpaired) electrons. The van der Waals surface area contributed by atoms with Gasteiger partial charge < -0.3 is 10.1 Å². The third-order valence-electron chi connectivity index (χ3n) is 5.00. The van der Waals surface area contributed by atoms with Gasteiger partial charge in [-0.1, -0.05) is 65.7 Å². The molecular formula is C24H34N2O. The first-order valence-electron chi connectivity index (χ1n) is 10.1. The maximum absolute atomic E-state index is 9.35. The summed E-state index contributed by atoms with van der Waals surface area (Å²) in [5.74, 6) is 0. The minimum absolute atomic E-state index is 0.794. The Labute approximate surface area is 164 Å². The summed E-state index contributed by atoms with van der Waals surface area (Å²) in [6.07, 6.45) is 7.70. The molecule has 2 rings (SSSR count). The van der Waals surface area contributed by atoms with Gasteiger partial charge >= 0.3 is 0 Å². The fourth-order valence-corrected chi connectivity index (χ4v) is 3.49. The van der Waals surface area contributed by atoms with E-state index in [1.165, 1.54) is 29.5 Å². The van der Waals surface area contributed by atoms with Crippen LogP contribution < -0.4 is 0 Å². The molecule has 0 aliphatic heterocycles. The van der Waals surface area contributed by atoms with Crippen molar-refractivity contribution in [3.8, 4) is 0 Å². The Hall–Kier alpha value is -2.13. The van der Waals surface area contributed by atoms with Crippen LogP contribution in [-0.2, 0) is 12.8 Å². The molecule has 0 unspecified atom stereocenters. The second-order valence-electron chi connectivity index (χ2n) is 7.65. The number of aryl methyl sites for hydroxylation is 3. The van der Waals surface area contributed by atoms with E-state index in [1.807, 2.05) is 12.1 Å². The molecule has 0 amide bonds. The molecule has 146 valence electrons. The lowest BCUT2D eigenvalue weighted by Crippen LogP contribution is -2.13. The molecule has 0 aromatic heterocycles. The predicted octanol–water partition coefficient (Wildman–Crippen LogP) is 5.47. The van der Waals surface area contributed by atoms with Crippen LogP contribution in [0.1, 0.15) is 54.4 Å². The van der Waals surface area contributed by atoms with E-state index in [4.69, 9.17) is 0 Å². The molecule has 27 heavy (non-hydrogen) atoms. The first-order chi connectivity index (χ1) is 13.1. The molecule has 2 aromatic rings. The first kappa shape index (κ1) is 21.2. The molecular weight excluding hydrogens is 332 g/mol. The minimum Gasteiger partial charge on any atom is -0.411 e. The van der Waals surface area contributed by atoms with Crippen molar-refractivity contribution in [2.24, 2.45) is 5.16 Å². The Morgan fingerprint density at radius 1 is 0.889 bits per heavy atom. The number of oxime groups is 1. The number of hydrogen-bond acceptors (Lipinski definition) is 3. The lowest BCUT2D eigenvalue weighted by molar-refractivity contribution is 0.317. The topological polar surface area (TPSA) is 35.8 Å². The predicted molar refractivity (Wildman–Crippen MR) is 115 cm³/mol. The molecule has 0 saturated heterocycles. The average Bonchev–Trinajstić information content (AvgIpc) is 2.65. The van der Waals surface area contributed by atoms with Gasteiger partial charge in [0.2, 0.25) is 0 Å². The van der Waals surface area contributed by atoms with Gasteiger partial charge in [0.05, 0.1) is 5.71 Å². The van der Waals surface area contributed by atoms with Crippen molar-refractivity contribution < 1.29 is 5.21 Å². The van der Waals surface area contributed by atoms with Crippen molar-refractivity contribution in [3.05, 3.63) is 70.8 Å². The van der Waals surface area contributed by atoms with Crippen molar-refractivity contribution >= 4 is 5.71 Å². The fourth-order valence-electron chi connectivity index (χ4n) is 3.49. The van der Waals surface area contributed by atoms with E-state index in [-0.39, 0.29) is 0 Å². The van der Waals surface area contributed by atoms with E-state index < -0.39 is 0 Å². The Kier molecular flexibility index (Phi) is 9.06. The van der Waals surface area contributed by atoms with Gasteiger partial charge in [0.15, 0.2) is 0 Å². The highest BCUT2D eigenvalue weighted by Crippen LogP contribution is 2.16. The monoisotopic (exact) mass is 366 g/mol. The highest BCUT2D eigenvalue weighted by atomic mass is 16.4. The molecule has 0 heterocycles. The Bertz CT molecular complexity index is 722. The zero-order chi connectivity index (χ0) is 19.5.